The Morgan fingerprint density at radius 2 is 2.00 bits per heavy atom. The molecule has 5 heteroatoms. The first kappa shape index (κ1) is 13.5. The van der Waals surface area contributed by atoms with Gasteiger partial charge in [-0.25, -0.2) is 0 Å². The molecule has 1 atom stereocenters. The molecule has 1 aromatic heterocycles. The van der Waals surface area contributed by atoms with Gasteiger partial charge in [-0.3, -0.25) is 11.3 Å². The van der Waals surface area contributed by atoms with Crippen molar-refractivity contribution in [1.29, 1.82) is 0 Å². The second-order valence-corrected chi connectivity index (χ2v) is 6.45. The van der Waals surface area contributed by atoms with Crippen LogP contribution in [-0.4, -0.2) is 12.6 Å². The average Bonchev–Trinajstić information content (AvgIpc) is 2.81. The highest BCUT2D eigenvalue weighted by molar-refractivity contribution is 9.11. The lowest BCUT2D eigenvalue weighted by molar-refractivity contribution is 0.265. The van der Waals surface area contributed by atoms with Crippen LogP contribution >= 0.6 is 27.3 Å². The van der Waals surface area contributed by atoms with Crippen LogP contribution in [0.5, 0.6) is 5.75 Å². The predicted molar refractivity (Wildman–Crippen MR) is 78.8 cm³/mol. The molecule has 0 radical (unpaired) electrons. The van der Waals surface area contributed by atoms with Gasteiger partial charge in [0.1, 0.15) is 12.4 Å². The van der Waals surface area contributed by atoms with Gasteiger partial charge < -0.3 is 4.74 Å². The van der Waals surface area contributed by atoms with E-state index in [4.69, 9.17) is 10.6 Å². The monoisotopic (exact) mass is 326 g/mol. The van der Waals surface area contributed by atoms with Gasteiger partial charge in [0.15, 0.2) is 0 Å². The Balaban J connectivity index is 1.86. The Morgan fingerprint density at radius 3 is 2.61 bits per heavy atom. The van der Waals surface area contributed by atoms with Gasteiger partial charge in [-0.05, 0) is 40.2 Å². The van der Waals surface area contributed by atoms with Crippen molar-refractivity contribution in [3.63, 3.8) is 0 Å². The molecule has 1 heterocycles. The van der Waals surface area contributed by atoms with Crippen LogP contribution in [0, 0.1) is 0 Å². The minimum atomic E-state index is 0.107. The molecule has 0 saturated carbocycles. The lowest BCUT2D eigenvalue weighted by atomic mass is 10.2. The van der Waals surface area contributed by atoms with Crippen LogP contribution in [0.25, 0.3) is 0 Å². The molecular formula is C13H15BrN2OS. The first-order valence-corrected chi connectivity index (χ1v) is 7.27. The van der Waals surface area contributed by atoms with E-state index in [1.165, 1.54) is 4.88 Å². The largest absolute Gasteiger partial charge is 0.492 e. The molecule has 96 valence electrons. The van der Waals surface area contributed by atoms with Gasteiger partial charge in [0, 0.05) is 11.3 Å². The van der Waals surface area contributed by atoms with E-state index in [0.29, 0.717) is 6.61 Å². The standard InChI is InChI=1S/C13H15BrN2OS/c14-13-7-6-12(18-13)8-10(16-15)9-17-11-4-2-1-3-5-11/h1-7,10,16H,8-9,15H2. The number of hydrogen-bond acceptors (Lipinski definition) is 4. The number of hydrogen-bond donors (Lipinski definition) is 2. The molecule has 0 aliphatic heterocycles. The molecule has 0 fully saturated rings. The molecule has 18 heavy (non-hydrogen) atoms. The molecule has 0 bridgehead atoms. The molecule has 0 spiro atoms. The summed E-state index contributed by atoms with van der Waals surface area (Å²) in [5.41, 5.74) is 2.80. The van der Waals surface area contributed by atoms with E-state index in [9.17, 15) is 0 Å². The number of thiophene rings is 1. The Labute approximate surface area is 119 Å². The number of rotatable bonds is 6. The summed E-state index contributed by atoms with van der Waals surface area (Å²) in [6, 6.07) is 14.0. The van der Waals surface area contributed by atoms with Gasteiger partial charge in [0.25, 0.3) is 0 Å². The molecule has 0 amide bonds. The molecule has 1 aromatic carbocycles. The maximum Gasteiger partial charge on any atom is 0.119 e. The quantitative estimate of drug-likeness (QED) is 0.633. The molecule has 2 aromatic rings. The fraction of sp³-hybridized carbons (Fsp3) is 0.231. The lowest BCUT2D eigenvalue weighted by Crippen LogP contribution is -2.41. The van der Waals surface area contributed by atoms with Crippen molar-refractivity contribution >= 4 is 27.3 Å². The van der Waals surface area contributed by atoms with Gasteiger partial charge in [-0.15, -0.1) is 11.3 Å². The number of hydrazine groups is 1. The van der Waals surface area contributed by atoms with Crippen molar-refractivity contribution in [2.75, 3.05) is 6.61 Å². The van der Waals surface area contributed by atoms with E-state index < -0.39 is 0 Å². The highest BCUT2D eigenvalue weighted by Gasteiger charge is 2.10. The van der Waals surface area contributed by atoms with Gasteiger partial charge in [-0.1, -0.05) is 18.2 Å². The van der Waals surface area contributed by atoms with Crippen LogP contribution in [0.3, 0.4) is 0 Å². The molecule has 3 N–H and O–H groups in total. The molecule has 3 nitrogen and oxygen atoms in total. The summed E-state index contributed by atoms with van der Waals surface area (Å²) < 4.78 is 6.82. The van der Waals surface area contributed by atoms with E-state index in [2.05, 4.69) is 27.4 Å². The first-order valence-electron chi connectivity index (χ1n) is 5.66. The zero-order valence-electron chi connectivity index (χ0n) is 9.80. The maximum absolute atomic E-state index is 5.69. The van der Waals surface area contributed by atoms with Crippen molar-refractivity contribution in [3.8, 4) is 5.75 Å². The van der Waals surface area contributed by atoms with Crippen LogP contribution < -0.4 is 16.0 Å². The van der Waals surface area contributed by atoms with Crippen molar-refractivity contribution in [1.82, 2.24) is 5.43 Å². The Bertz CT molecular complexity index is 475. The van der Waals surface area contributed by atoms with Crippen LogP contribution in [-0.2, 0) is 6.42 Å². The van der Waals surface area contributed by atoms with Gasteiger partial charge in [0.05, 0.1) is 9.83 Å². The summed E-state index contributed by atoms with van der Waals surface area (Å²) in [4.78, 5) is 1.28. The van der Waals surface area contributed by atoms with Crippen molar-refractivity contribution in [2.24, 2.45) is 5.84 Å². The topological polar surface area (TPSA) is 47.3 Å². The molecule has 0 aliphatic carbocycles. The summed E-state index contributed by atoms with van der Waals surface area (Å²) in [7, 11) is 0. The highest BCUT2D eigenvalue weighted by atomic mass is 79.9. The van der Waals surface area contributed by atoms with Crippen molar-refractivity contribution in [2.45, 2.75) is 12.5 Å². The van der Waals surface area contributed by atoms with Gasteiger partial charge in [0.2, 0.25) is 0 Å². The third-order valence-electron chi connectivity index (χ3n) is 2.51. The average molecular weight is 327 g/mol. The zero-order valence-corrected chi connectivity index (χ0v) is 12.2. The Hall–Kier alpha value is -0.880. The van der Waals surface area contributed by atoms with Gasteiger partial charge >= 0.3 is 0 Å². The molecule has 0 saturated heterocycles. The third kappa shape index (κ3) is 4.10. The number of halogens is 1. The lowest BCUT2D eigenvalue weighted by Gasteiger charge is -2.15. The summed E-state index contributed by atoms with van der Waals surface area (Å²) in [5, 5.41) is 0. The van der Waals surface area contributed by atoms with Crippen LogP contribution in [0.4, 0.5) is 0 Å². The van der Waals surface area contributed by atoms with Crippen molar-refractivity contribution < 1.29 is 4.74 Å². The minimum Gasteiger partial charge on any atom is -0.492 e. The SMILES string of the molecule is NNC(COc1ccccc1)Cc1ccc(Br)s1. The van der Waals surface area contributed by atoms with E-state index in [1.807, 2.05) is 36.4 Å². The maximum atomic E-state index is 5.69. The molecule has 1 unspecified atom stereocenters. The highest BCUT2D eigenvalue weighted by Crippen LogP contribution is 2.23. The number of para-hydroxylation sites is 1. The Kier molecular flexibility index (Phi) is 5.19. The van der Waals surface area contributed by atoms with Crippen LogP contribution in [0.2, 0.25) is 0 Å². The second kappa shape index (κ2) is 6.89. The smallest absolute Gasteiger partial charge is 0.119 e. The van der Waals surface area contributed by atoms with Gasteiger partial charge in [-0.2, -0.15) is 0 Å². The molecular weight excluding hydrogens is 312 g/mol. The summed E-state index contributed by atoms with van der Waals surface area (Å²) >= 11 is 5.17. The first-order chi connectivity index (χ1) is 8.78. The molecule has 0 aliphatic rings. The minimum absolute atomic E-state index is 0.107. The summed E-state index contributed by atoms with van der Waals surface area (Å²) in [6.07, 6.45) is 0.861. The van der Waals surface area contributed by atoms with Crippen molar-refractivity contribution in [3.05, 3.63) is 51.1 Å². The number of ether oxygens (including phenoxy) is 1. The summed E-state index contributed by atoms with van der Waals surface area (Å²) in [5.74, 6) is 6.42. The van der Waals surface area contributed by atoms with Crippen LogP contribution in [0.1, 0.15) is 4.88 Å². The zero-order chi connectivity index (χ0) is 12.8. The van der Waals surface area contributed by atoms with E-state index >= 15 is 0 Å². The Morgan fingerprint density at radius 1 is 1.22 bits per heavy atom. The normalized spacial score (nSPS) is 12.3. The second-order valence-electron chi connectivity index (χ2n) is 3.90. The summed E-state index contributed by atoms with van der Waals surface area (Å²) in [6.45, 7) is 0.552. The fourth-order valence-corrected chi connectivity index (χ4v) is 3.15. The van der Waals surface area contributed by atoms with E-state index in [1.54, 1.807) is 11.3 Å². The predicted octanol–water partition coefficient (Wildman–Crippen LogP) is 2.96. The number of nitrogens with two attached hydrogens (primary N) is 1. The fourth-order valence-electron chi connectivity index (χ4n) is 1.58. The van der Waals surface area contributed by atoms with Crippen LogP contribution in [0.15, 0.2) is 46.3 Å². The third-order valence-corrected chi connectivity index (χ3v) is 4.15. The number of benzene rings is 1. The van der Waals surface area contributed by atoms with E-state index in [-0.39, 0.29) is 6.04 Å². The number of nitrogens with one attached hydrogen (secondary N) is 1. The molecule has 2 rings (SSSR count). The van der Waals surface area contributed by atoms with E-state index in [0.717, 1.165) is 16.0 Å².